The van der Waals surface area contributed by atoms with Gasteiger partial charge in [0.25, 0.3) is 0 Å². The number of rotatable bonds is 10. The molecule has 0 radical (unpaired) electrons. The fourth-order valence-electron chi connectivity index (χ4n) is 2.95. The normalized spacial score (nSPS) is 10.4. The molecule has 0 saturated heterocycles. The predicted molar refractivity (Wildman–Crippen MR) is 128 cm³/mol. The number of thioether (sulfide) groups is 1. The maximum absolute atomic E-state index is 11.8. The van der Waals surface area contributed by atoms with Crippen LogP contribution in [0.1, 0.15) is 25.3 Å². The van der Waals surface area contributed by atoms with Gasteiger partial charge in [0.15, 0.2) is 0 Å². The van der Waals surface area contributed by atoms with Crippen LogP contribution in [0, 0.1) is 0 Å². The summed E-state index contributed by atoms with van der Waals surface area (Å²) in [5.74, 6) is 2.07. The molecule has 0 aliphatic heterocycles. The van der Waals surface area contributed by atoms with Crippen LogP contribution in [0.15, 0.2) is 59.5 Å². The number of nitrogens with zero attached hydrogens (tertiary/aromatic N) is 1. The van der Waals surface area contributed by atoms with Crippen LogP contribution >= 0.6 is 35.0 Å². The molecule has 0 saturated carbocycles. The average Bonchev–Trinajstić information content (AvgIpc) is 2.75. The second kappa shape index (κ2) is 13.5. The van der Waals surface area contributed by atoms with Crippen molar-refractivity contribution in [3.05, 3.63) is 81.6 Å². The molecule has 0 fully saturated rings. The molecule has 8 heteroatoms. The Morgan fingerprint density at radius 1 is 1.06 bits per heavy atom. The van der Waals surface area contributed by atoms with Crippen molar-refractivity contribution in [1.29, 1.82) is 0 Å². The summed E-state index contributed by atoms with van der Waals surface area (Å²) in [5.41, 5.74) is 2.62. The Labute approximate surface area is 226 Å². The quantitative estimate of drug-likeness (QED) is 0.315. The molecule has 0 spiro atoms. The second-order valence-electron chi connectivity index (χ2n) is 6.91. The van der Waals surface area contributed by atoms with Crippen molar-refractivity contribution < 1.29 is 45.3 Å². The fourth-order valence-corrected chi connectivity index (χ4v) is 4.54. The fraction of sp³-hybridized carbons (Fsp3) is 0.250. The summed E-state index contributed by atoms with van der Waals surface area (Å²) in [6.45, 7) is 2.04. The Morgan fingerprint density at radius 2 is 1.75 bits per heavy atom. The number of Topliss-reactive ketones (excluding diaryl/α,β-unsaturated/α-hetero) is 1. The van der Waals surface area contributed by atoms with Gasteiger partial charge in [-0.25, -0.2) is 0 Å². The molecule has 32 heavy (non-hydrogen) atoms. The average molecular weight is 500 g/mol. The number of ketones is 1. The molecule has 164 valence electrons. The van der Waals surface area contributed by atoms with Crippen molar-refractivity contribution in [2.24, 2.45) is 0 Å². The van der Waals surface area contributed by atoms with Gasteiger partial charge in [-0.05, 0) is 48.9 Å². The molecule has 0 aliphatic carbocycles. The summed E-state index contributed by atoms with van der Waals surface area (Å²) in [5, 5.41) is 1.22. The molecule has 1 heterocycles. The molecule has 1 aromatic heterocycles. The number of hydrogen-bond donors (Lipinski definition) is 0. The van der Waals surface area contributed by atoms with Crippen molar-refractivity contribution in [3.63, 3.8) is 0 Å². The third kappa shape index (κ3) is 7.98. The largest absolute Gasteiger partial charge is 1.00 e. The van der Waals surface area contributed by atoms with Crippen LogP contribution < -0.4 is 39.0 Å². The second-order valence-corrected chi connectivity index (χ2v) is 8.71. The summed E-state index contributed by atoms with van der Waals surface area (Å²) < 4.78 is 11.1. The van der Waals surface area contributed by atoms with E-state index < -0.39 is 0 Å². The molecule has 3 rings (SSSR count). The molecule has 4 nitrogen and oxygen atoms in total. The van der Waals surface area contributed by atoms with Crippen molar-refractivity contribution in [1.82, 2.24) is 4.98 Å². The Bertz CT molecular complexity index is 1030. The number of hydrogen-bond acceptors (Lipinski definition) is 5. The summed E-state index contributed by atoms with van der Waals surface area (Å²) in [6, 6.07) is 17.1. The first-order valence-corrected chi connectivity index (χ1v) is 11.5. The Morgan fingerprint density at radius 3 is 2.38 bits per heavy atom. The molecule has 0 amide bonds. The molecule has 2 aromatic carbocycles. The van der Waals surface area contributed by atoms with E-state index in [1.807, 2.05) is 54.6 Å². The standard InChI is InChI=1S/C24H23Cl2NO3S.Na.H/c1-16(28)14-22-23(30-13-12-17-6-9-19(29-2)10-7-17)11-8-18(27-22)15-31-24-20(25)4-3-5-21(24)26;;/h3-11H,12-15H2,1-2H3;;/q;+1;-1. The molecule has 0 aliphatic rings. The minimum absolute atomic E-state index is 0. The number of aromatic nitrogens is 1. The minimum atomic E-state index is 0. The third-order valence-corrected chi connectivity index (χ3v) is 6.52. The zero-order valence-electron chi connectivity index (χ0n) is 19.4. The van der Waals surface area contributed by atoms with Gasteiger partial charge in [0.1, 0.15) is 17.3 Å². The zero-order chi connectivity index (χ0) is 22.2. The number of methoxy groups -OCH3 is 1. The first-order valence-electron chi connectivity index (χ1n) is 9.77. The van der Waals surface area contributed by atoms with E-state index in [9.17, 15) is 4.79 Å². The van der Waals surface area contributed by atoms with E-state index in [2.05, 4.69) is 4.98 Å². The van der Waals surface area contributed by atoms with Crippen LogP contribution in [0.25, 0.3) is 0 Å². The van der Waals surface area contributed by atoms with Gasteiger partial charge < -0.3 is 10.9 Å². The van der Waals surface area contributed by atoms with E-state index in [4.69, 9.17) is 32.7 Å². The molecule has 0 unspecified atom stereocenters. The zero-order valence-corrected chi connectivity index (χ0v) is 22.7. The van der Waals surface area contributed by atoms with Crippen LogP contribution in [-0.4, -0.2) is 24.5 Å². The molecule has 0 bridgehead atoms. The van der Waals surface area contributed by atoms with E-state index in [1.165, 1.54) is 11.8 Å². The van der Waals surface area contributed by atoms with E-state index >= 15 is 0 Å². The Hall–Kier alpha value is -1.21. The summed E-state index contributed by atoms with van der Waals surface area (Å²) in [6.07, 6.45) is 0.968. The number of benzene rings is 2. The van der Waals surface area contributed by atoms with Gasteiger partial charge in [-0.2, -0.15) is 0 Å². The van der Waals surface area contributed by atoms with Gasteiger partial charge in [0.2, 0.25) is 0 Å². The Kier molecular flexibility index (Phi) is 11.4. The van der Waals surface area contributed by atoms with Crippen LogP contribution in [0.5, 0.6) is 11.5 Å². The summed E-state index contributed by atoms with van der Waals surface area (Å²) >= 11 is 14.0. The van der Waals surface area contributed by atoms with Crippen molar-refractivity contribution in [2.45, 2.75) is 30.4 Å². The van der Waals surface area contributed by atoms with Crippen LogP contribution in [0.2, 0.25) is 10.0 Å². The van der Waals surface area contributed by atoms with Gasteiger partial charge in [-0.15, -0.1) is 11.8 Å². The van der Waals surface area contributed by atoms with Crippen LogP contribution in [-0.2, 0) is 23.4 Å². The molecular formula is C24H24Cl2NNaO3S. The van der Waals surface area contributed by atoms with Gasteiger partial charge in [-0.1, -0.05) is 41.4 Å². The maximum atomic E-state index is 11.8. The summed E-state index contributed by atoms with van der Waals surface area (Å²) in [7, 11) is 1.65. The van der Waals surface area contributed by atoms with E-state index in [-0.39, 0.29) is 43.2 Å². The number of halogens is 2. The third-order valence-electron chi connectivity index (χ3n) is 4.50. The van der Waals surface area contributed by atoms with Crippen LogP contribution in [0.3, 0.4) is 0 Å². The van der Waals surface area contributed by atoms with E-state index in [0.29, 0.717) is 33.8 Å². The van der Waals surface area contributed by atoms with Gasteiger partial charge >= 0.3 is 29.6 Å². The SMILES string of the molecule is COc1ccc(CCOc2ccc(CSc3c(Cl)cccc3Cl)nc2CC(C)=O)cc1.[H-].[Na+]. The summed E-state index contributed by atoms with van der Waals surface area (Å²) in [4.78, 5) is 17.2. The molecule has 0 atom stereocenters. The topological polar surface area (TPSA) is 48.4 Å². The molecule has 0 N–H and O–H groups in total. The van der Waals surface area contributed by atoms with Crippen molar-refractivity contribution in [3.8, 4) is 11.5 Å². The van der Waals surface area contributed by atoms with Gasteiger partial charge in [0, 0.05) is 17.1 Å². The smallest absolute Gasteiger partial charge is 1.00 e. The maximum Gasteiger partial charge on any atom is 1.00 e. The predicted octanol–water partition coefficient (Wildman–Crippen LogP) is 3.56. The number of ether oxygens (including phenoxy) is 2. The number of pyridine rings is 1. The number of carbonyl (C=O) groups is 1. The van der Waals surface area contributed by atoms with Crippen molar-refractivity contribution >= 4 is 40.7 Å². The monoisotopic (exact) mass is 499 g/mol. The first kappa shape index (κ1) is 27.0. The molecule has 3 aromatic rings. The van der Waals surface area contributed by atoms with Gasteiger partial charge in [0.05, 0.1) is 41.6 Å². The Balaban J connectivity index is 0.00000272. The van der Waals surface area contributed by atoms with Gasteiger partial charge in [-0.3, -0.25) is 9.78 Å². The minimum Gasteiger partial charge on any atom is -1.00 e. The van der Waals surface area contributed by atoms with E-state index in [0.717, 1.165) is 28.3 Å². The van der Waals surface area contributed by atoms with E-state index in [1.54, 1.807) is 14.0 Å². The van der Waals surface area contributed by atoms with Crippen LogP contribution in [0.4, 0.5) is 0 Å². The first-order chi connectivity index (χ1) is 15.0. The van der Waals surface area contributed by atoms with Crippen molar-refractivity contribution in [2.75, 3.05) is 13.7 Å². The number of carbonyl (C=O) groups excluding carboxylic acids is 1. The molecular weight excluding hydrogens is 476 g/mol.